The van der Waals surface area contributed by atoms with E-state index < -0.39 is 0 Å². The standard InChI is InChI=1S/C15H25N3O2/c19-14-10-18(9-7-16-14)15(20)11-17-8-3-5-12-4-1-2-6-13(12)17/h12-13H,1-11H2,(H,16,19). The van der Waals surface area contributed by atoms with Crippen LogP contribution in [0.1, 0.15) is 38.5 Å². The van der Waals surface area contributed by atoms with Crippen molar-refractivity contribution in [1.29, 1.82) is 0 Å². The average Bonchev–Trinajstić information content (AvgIpc) is 2.47. The number of amides is 2. The third kappa shape index (κ3) is 2.97. The molecule has 0 bridgehead atoms. The molecule has 20 heavy (non-hydrogen) atoms. The SMILES string of the molecule is O=C1CN(C(=O)CN2CCCC3CCCCC32)CCN1. The molecule has 0 aromatic carbocycles. The van der Waals surface area contributed by atoms with Gasteiger partial charge in [-0.2, -0.15) is 0 Å². The summed E-state index contributed by atoms with van der Waals surface area (Å²) in [6, 6.07) is 0.611. The summed E-state index contributed by atoms with van der Waals surface area (Å²) in [6.07, 6.45) is 7.80. The molecule has 0 spiro atoms. The molecule has 2 saturated heterocycles. The number of carbonyl (C=O) groups excluding carboxylic acids is 2. The maximum atomic E-state index is 12.4. The van der Waals surface area contributed by atoms with E-state index in [0.717, 1.165) is 12.5 Å². The van der Waals surface area contributed by atoms with Crippen molar-refractivity contribution in [2.24, 2.45) is 5.92 Å². The van der Waals surface area contributed by atoms with E-state index in [2.05, 4.69) is 10.2 Å². The summed E-state index contributed by atoms with van der Waals surface area (Å²) in [6.45, 7) is 3.05. The Hall–Kier alpha value is -1.10. The Morgan fingerprint density at radius 3 is 2.80 bits per heavy atom. The summed E-state index contributed by atoms with van der Waals surface area (Å²) in [5.74, 6) is 0.903. The molecule has 1 saturated carbocycles. The van der Waals surface area contributed by atoms with Gasteiger partial charge in [-0.1, -0.05) is 12.8 Å². The van der Waals surface area contributed by atoms with E-state index in [9.17, 15) is 9.59 Å². The molecule has 2 unspecified atom stereocenters. The number of rotatable bonds is 2. The number of nitrogens with one attached hydrogen (secondary N) is 1. The Labute approximate surface area is 120 Å². The fraction of sp³-hybridized carbons (Fsp3) is 0.867. The number of hydrogen-bond acceptors (Lipinski definition) is 3. The van der Waals surface area contributed by atoms with Crippen LogP contribution in [-0.2, 0) is 9.59 Å². The van der Waals surface area contributed by atoms with E-state index in [0.29, 0.717) is 25.7 Å². The zero-order valence-electron chi connectivity index (χ0n) is 12.1. The van der Waals surface area contributed by atoms with Crippen LogP contribution in [0, 0.1) is 5.92 Å². The highest BCUT2D eigenvalue weighted by atomic mass is 16.2. The Morgan fingerprint density at radius 1 is 1.15 bits per heavy atom. The molecule has 1 aliphatic carbocycles. The first-order valence-corrected chi connectivity index (χ1v) is 8.02. The average molecular weight is 279 g/mol. The number of carbonyl (C=O) groups is 2. The van der Waals surface area contributed by atoms with Gasteiger partial charge < -0.3 is 10.2 Å². The molecular formula is C15H25N3O2. The summed E-state index contributed by atoms with van der Waals surface area (Å²) in [7, 11) is 0. The lowest BCUT2D eigenvalue weighted by Crippen LogP contribution is -2.55. The predicted octanol–water partition coefficient (Wildman–Crippen LogP) is 0.599. The smallest absolute Gasteiger partial charge is 0.239 e. The minimum absolute atomic E-state index is 0.0289. The van der Waals surface area contributed by atoms with Crippen molar-refractivity contribution in [2.75, 3.05) is 32.7 Å². The number of piperidine rings is 1. The molecule has 3 fully saturated rings. The first-order chi connectivity index (χ1) is 9.74. The molecule has 112 valence electrons. The predicted molar refractivity (Wildman–Crippen MR) is 76.1 cm³/mol. The van der Waals surface area contributed by atoms with Gasteiger partial charge in [0.15, 0.2) is 0 Å². The Morgan fingerprint density at radius 2 is 1.95 bits per heavy atom. The van der Waals surface area contributed by atoms with Crippen LogP contribution in [0.5, 0.6) is 0 Å². The highest BCUT2D eigenvalue weighted by Crippen LogP contribution is 2.35. The lowest BCUT2D eigenvalue weighted by Gasteiger charge is -2.44. The molecule has 3 aliphatic rings. The van der Waals surface area contributed by atoms with Crippen molar-refractivity contribution in [3.63, 3.8) is 0 Å². The topological polar surface area (TPSA) is 52.7 Å². The number of nitrogens with zero attached hydrogens (tertiary/aromatic N) is 2. The molecule has 3 rings (SSSR count). The maximum Gasteiger partial charge on any atom is 0.239 e. The number of fused-ring (bicyclic) bond motifs is 1. The van der Waals surface area contributed by atoms with Crippen LogP contribution in [0.3, 0.4) is 0 Å². The molecule has 1 N–H and O–H groups in total. The highest BCUT2D eigenvalue weighted by molar-refractivity contribution is 5.86. The van der Waals surface area contributed by atoms with Crippen molar-refractivity contribution in [1.82, 2.24) is 15.1 Å². The zero-order chi connectivity index (χ0) is 13.9. The monoisotopic (exact) mass is 279 g/mol. The fourth-order valence-electron chi connectivity index (χ4n) is 4.05. The third-order valence-electron chi connectivity index (χ3n) is 5.09. The Balaban J connectivity index is 1.58. The molecule has 0 radical (unpaired) electrons. The van der Waals surface area contributed by atoms with Gasteiger partial charge in [-0.3, -0.25) is 14.5 Å². The number of likely N-dealkylation sites (tertiary alicyclic amines) is 1. The normalized spacial score (nSPS) is 31.6. The van der Waals surface area contributed by atoms with Gasteiger partial charge in [-0.05, 0) is 38.1 Å². The molecule has 5 heteroatoms. The van der Waals surface area contributed by atoms with Gasteiger partial charge in [0.25, 0.3) is 0 Å². The van der Waals surface area contributed by atoms with Gasteiger partial charge in [0, 0.05) is 19.1 Å². The van der Waals surface area contributed by atoms with Crippen LogP contribution in [0.4, 0.5) is 0 Å². The second-order valence-corrected chi connectivity index (χ2v) is 6.39. The largest absolute Gasteiger partial charge is 0.353 e. The summed E-state index contributed by atoms with van der Waals surface area (Å²) in [4.78, 5) is 27.9. The van der Waals surface area contributed by atoms with E-state index in [1.54, 1.807) is 4.90 Å². The van der Waals surface area contributed by atoms with E-state index >= 15 is 0 Å². The van der Waals surface area contributed by atoms with Crippen molar-refractivity contribution >= 4 is 11.8 Å². The minimum Gasteiger partial charge on any atom is -0.353 e. The Bertz CT molecular complexity index is 383. The highest BCUT2D eigenvalue weighted by Gasteiger charge is 2.34. The van der Waals surface area contributed by atoms with Gasteiger partial charge in [0.05, 0.1) is 13.1 Å². The fourth-order valence-corrected chi connectivity index (χ4v) is 4.05. The van der Waals surface area contributed by atoms with Crippen LogP contribution in [0.2, 0.25) is 0 Å². The summed E-state index contributed by atoms with van der Waals surface area (Å²) in [5, 5.41) is 2.77. The van der Waals surface area contributed by atoms with Gasteiger partial charge >= 0.3 is 0 Å². The molecule has 5 nitrogen and oxygen atoms in total. The van der Waals surface area contributed by atoms with Gasteiger partial charge in [0.1, 0.15) is 0 Å². The van der Waals surface area contributed by atoms with Gasteiger partial charge in [-0.25, -0.2) is 0 Å². The van der Waals surface area contributed by atoms with Gasteiger partial charge in [0.2, 0.25) is 11.8 Å². The summed E-state index contributed by atoms with van der Waals surface area (Å²) >= 11 is 0. The van der Waals surface area contributed by atoms with E-state index in [1.165, 1.54) is 38.5 Å². The lowest BCUT2D eigenvalue weighted by molar-refractivity contribution is -0.140. The number of piperazine rings is 1. The minimum atomic E-state index is -0.0289. The molecular weight excluding hydrogens is 254 g/mol. The van der Waals surface area contributed by atoms with Gasteiger partial charge in [-0.15, -0.1) is 0 Å². The lowest BCUT2D eigenvalue weighted by atomic mass is 9.78. The summed E-state index contributed by atoms with van der Waals surface area (Å²) in [5.41, 5.74) is 0. The second-order valence-electron chi connectivity index (χ2n) is 6.39. The summed E-state index contributed by atoms with van der Waals surface area (Å²) < 4.78 is 0. The van der Waals surface area contributed by atoms with E-state index in [4.69, 9.17) is 0 Å². The van der Waals surface area contributed by atoms with Crippen molar-refractivity contribution in [2.45, 2.75) is 44.6 Å². The quantitative estimate of drug-likeness (QED) is 0.805. The molecule has 2 aliphatic heterocycles. The molecule has 2 atom stereocenters. The van der Waals surface area contributed by atoms with Crippen molar-refractivity contribution in [3.8, 4) is 0 Å². The number of hydrogen-bond donors (Lipinski definition) is 1. The molecule has 2 amide bonds. The second kappa shape index (κ2) is 6.12. The molecule has 0 aromatic rings. The van der Waals surface area contributed by atoms with E-state index in [1.807, 2.05) is 0 Å². The van der Waals surface area contributed by atoms with E-state index in [-0.39, 0.29) is 18.4 Å². The van der Waals surface area contributed by atoms with Crippen LogP contribution in [-0.4, -0.2) is 60.4 Å². The van der Waals surface area contributed by atoms with Crippen molar-refractivity contribution < 1.29 is 9.59 Å². The van der Waals surface area contributed by atoms with Crippen LogP contribution in [0.15, 0.2) is 0 Å². The van der Waals surface area contributed by atoms with Crippen LogP contribution >= 0.6 is 0 Å². The molecule has 2 heterocycles. The maximum absolute atomic E-state index is 12.4. The van der Waals surface area contributed by atoms with Crippen LogP contribution in [0.25, 0.3) is 0 Å². The Kier molecular flexibility index (Phi) is 4.24. The third-order valence-corrected chi connectivity index (χ3v) is 5.09. The van der Waals surface area contributed by atoms with Crippen molar-refractivity contribution in [3.05, 3.63) is 0 Å². The molecule has 0 aromatic heterocycles. The van der Waals surface area contributed by atoms with Crippen LogP contribution < -0.4 is 5.32 Å². The first kappa shape index (κ1) is 13.9. The zero-order valence-corrected chi connectivity index (χ0v) is 12.1. The first-order valence-electron chi connectivity index (χ1n) is 8.02.